The second kappa shape index (κ2) is 6.63. The number of aryl methyl sites for hydroxylation is 3. The number of nitrogens with one attached hydrogen (secondary N) is 1. The number of aromatic nitrogens is 4. The Balaban J connectivity index is 1.87. The van der Waals surface area contributed by atoms with E-state index in [4.69, 9.17) is 4.74 Å². The van der Waals surface area contributed by atoms with E-state index in [-0.39, 0.29) is 24.0 Å². The van der Waals surface area contributed by atoms with Gasteiger partial charge in [-0.15, -0.1) is 0 Å². The molecule has 28 heavy (non-hydrogen) atoms. The molecule has 8 heteroatoms. The van der Waals surface area contributed by atoms with Crippen LogP contribution in [0.25, 0.3) is 5.95 Å². The van der Waals surface area contributed by atoms with Crippen molar-refractivity contribution in [2.75, 3.05) is 12.4 Å². The third kappa shape index (κ3) is 2.96. The Kier molecular flexibility index (Phi) is 4.26. The van der Waals surface area contributed by atoms with E-state index in [1.807, 2.05) is 32.9 Å². The highest BCUT2D eigenvalue weighted by Crippen LogP contribution is 2.41. The van der Waals surface area contributed by atoms with E-state index >= 15 is 0 Å². The average molecular weight is 379 g/mol. The lowest BCUT2D eigenvalue weighted by molar-refractivity contribution is -0.116. The number of hydrogen-bond acceptors (Lipinski definition) is 6. The van der Waals surface area contributed by atoms with Crippen LogP contribution in [0.4, 0.5) is 5.82 Å². The third-order valence-electron chi connectivity index (χ3n) is 4.87. The van der Waals surface area contributed by atoms with Gasteiger partial charge in [0, 0.05) is 29.3 Å². The van der Waals surface area contributed by atoms with Gasteiger partial charge in [0.1, 0.15) is 5.82 Å². The summed E-state index contributed by atoms with van der Waals surface area (Å²) < 4.78 is 6.71. The first kappa shape index (κ1) is 18.0. The molecule has 0 spiro atoms. The van der Waals surface area contributed by atoms with Crippen LogP contribution < -0.4 is 10.1 Å². The van der Waals surface area contributed by atoms with Crippen molar-refractivity contribution in [2.45, 2.75) is 33.1 Å². The topological polar surface area (TPSA) is 102 Å². The highest BCUT2D eigenvalue weighted by molar-refractivity contribution is 5.95. The van der Waals surface area contributed by atoms with Crippen molar-refractivity contribution in [2.24, 2.45) is 0 Å². The van der Waals surface area contributed by atoms with Gasteiger partial charge in [-0.3, -0.25) is 4.79 Å². The van der Waals surface area contributed by atoms with Gasteiger partial charge in [0.2, 0.25) is 5.91 Å². The number of aromatic hydroxyl groups is 1. The standard InChI is InChI=1S/C20H21N5O3/c1-10-7-11(2)22-20(21-10)25-19-18(12(3)24-25)14(9-17(27)23-19)13-5-6-16(28-4)15(26)8-13/h5-8,14,26H,9H2,1-4H3,(H,23,27)/t14-/m0/s1. The maximum absolute atomic E-state index is 12.5. The number of hydrogen-bond donors (Lipinski definition) is 2. The highest BCUT2D eigenvalue weighted by atomic mass is 16.5. The number of phenolic OH excluding ortho intramolecular Hbond substituents is 1. The molecule has 0 saturated carbocycles. The first-order valence-electron chi connectivity index (χ1n) is 8.96. The summed E-state index contributed by atoms with van der Waals surface area (Å²) >= 11 is 0. The fourth-order valence-corrected chi connectivity index (χ4v) is 3.70. The van der Waals surface area contributed by atoms with E-state index in [1.54, 1.807) is 16.8 Å². The fraction of sp³-hybridized carbons (Fsp3) is 0.300. The van der Waals surface area contributed by atoms with Crippen molar-refractivity contribution in [1.82, 2.24) is 19.7 Å². The lowest BCUT2D eigenvalue weighted by Crippen LogP contribution is -2.25. The molecular weight excluding hydrogens is 358 g/mol. The maximum Gasteiger partial charge on any atom is 0.252 e. The average Bonchev–Trinajstić information content (AvgIpc) is 2.96. The first-order chi connectivity index (χ1) is 13.4. The molecule has 8 nitrogen and oxygen atoms in total. The van der Waals surface area contributed by atoms with Crippen molar-refractivity contribution in [3.05, 3.63) is 52.5 Å². The monoisotopic (exact) mass is 379 g/mol. The second-order valence-corrected chi connectivity index (χ2v) is 6.95. The predicted octanol–water partition coefficient (Wildman–Crippen LogP) is 2.78. The van der Waals surface area contributed by atoms with E-state index < -0.39 is 0 Å². The van der Waals surface area contributed by atoms with Crippen LogP contribution in [0.5, 0.6) is 11.5 Å². The number of ether oxygens (including phenoxy) is 1. The molecule has 3 heterocycles. The van der Waals surface area contributed by atoms with Crippen LogP contribution in [0.15, 0.2) is 24.3 Å². The Morgan fingerprint density at radius 1 is 1.18 bits per heavy atom. The van der Waals surface area contributed by atoms with Gasteiger partial charge in [-0.05, 0) is 44.5 Å². The summed E-state index contributed by atoms with van der Waals surface area (Å²) in [7, 11) is 1.50. The fourth-order valence-electron chi connectivity index (χ4n) is 3.70. The molecule has 0 unspecified atom stereocenters. The van der Waals surface area contributed by atoms with E-state index in [9.17, 15) is 9.90 Å². The molecule has 0 saturated heterocycles. The number of benzene rings is 1. The largest absolute Gasteiger partial charge is 0.504 e. The number of fused-ring (bicyclic) bond motifs is 1. The molecule has 2 aromatic heterocycles. The van der Waals surface area contributed by atoms with Crippen molar-refractivity contribution in [3.8, 4) is 17.4 Å². The van der Waals surface area contributed by atoms with Crippen molar-refractivity contribution in [3.63, 3.8) is 0 Å². The summed E-state index contributed by atoms with van der Waals surface area (Å²) in [5.41, 5.74) is 4.13. The Bertz CT molecular complexity index is 1070. The van der Waals surface area contributed by atoms with Crippen molar-refractivity contribution >= 4 is 11.7 Å². The number of rotatable bonds is 3. The smallest absolute Gasteiger partial charge is 0.252 e. The zero-order valence-corrected chi connectivity index (χ0v) is 16.1. The normalized spacial score (nSPS) is 15.9. The first-order valence-corrected chi connectivity index (χ1v) is 8.96. The minimum absolute atomic E-state index is 0.0372. The second-order valence-electron chi connectivity index (χ2n) is 6.95. The quantitative estimate of drug-likeness (QED) is 0.725. The van der Waals surface area contributed by atoms with Gasteiger partial charge in [0.15, 0.2) is 11.5 Å². The van der Waals surface area contributed by atoms with E-state index in [2.05, 4.69) is 20.4 Å². The number of phenols is 1. The Morgan fingerprint density at radius 3 is 2.54 bits per heavy atom. The number of amides is 1. The Morgan fingerprint density at radius 2 is 1.89 bits per heavy atom. The zero-order chi connectivity index (χ0) is 20.0. The minimum Gasteiger partial charge on any atom is -0.504 e. The Hall–Kier alpha value is -3.42. The van der Waals surface area contributed by atoms with Crippen LogP contribution >= 0.6 is 0 Å². The molecule has 2 N–H and O–H groups in total. The zero-order valence-electron chi connectivity index (χ0n) is 16.1. The molecule has 0 radical (unpaired) electrons. The van der Waals surface area contributed by atoms with Crippen LogP contribution in [0, 0.1) is 20.8 Å². The van der Waals surface area contributed by atoms with Crippen LogP contribution in [0.1, 0.15) is 40.5 Å². The molecule has 1 atom stereocenters. The number of methoxy groups -OCH3 is 1. The molecule has 1 aliphatic heterocycles. The summed E-state index contributed by atoms with van der Waals surface area (Å²) in [6.45, 7) is 5.68. The SMILES string of the molecule is COc1ccc([C@@H]2CC(=O)Nc3c2c(C)nn3-c2nc(C)cc(C)n2)cc1O. The van der Waals surface area contributed by atoms with E-state index in [0.29, 0.717) is 17.5 Å². The maximum atomic E-state index is 12.5. The highest BCUT2D eigenvalue weighted by Gasteiger charge is 2.33. The van der Waals surface area contributed by atoms with Crippen LogP contribution in [0.2, 0.25) is 0 Å². The molecule has 4 rings (SSSR count). The molecule has 3 aromatic rings. The van der Waals surface area contributed by atoms with E-state index in [1.165, 1.54) is 7.11 Å². The molecule has 0 bridgehead atoms. The minimum atomic E-state index is -0.236. The Labute approximate surface area is 162 Å². The van der Waals surface area contributed by atoms with Gasteiger partial charge in [0.25, 0.3) is 5.95 Å². The van der Waals surface area contributed by atoms with Crippen LogP contribution in [0.3, 0.4) is 0 Å². The summed E-state index contributed by atoms with van der Waals surface area (Å²) in [5.74, 6) is 1.05. The van der Waals surface area contributed by atoms with Gasteiger partial charge >= 0.3 is 0 Å². The van der Waals surface area contributed by atoms with Crippen molar-refractivity contribution in [1.29, 1.82) is 0 Å². The number of carbonyl (C=O) groups excluding carboxylic acids is 1. The molecular formula is C20H21N5O3. The summed E-state index contributed by atoms with van der Waals surface area (Å²) in [6.07, 6.45) is 0.263. The van der Waals surface area contributed by atoms with Gasteiger partial charge in [-0.2, -0.15) is 9.78 Å². The van der Waals surface area contributed by atoms with Gasteiger partial charge in [-0.1, -0.05) is 6.07 Å². The molecule has 1 aliphatic rings. The predicted molar refractivity (Wildman–Crippen MR) is 103 cm³/mol. The van der Waals surface area contributed by atoms with Gasteiger partial charge in [0.05, 0.1) is 12.8 Å². The molecule has 0 aliphatic carbocycles. The van der Waals surface area contributed by atoms with Crippen LogP contribution in [-0.4, -0.2) is 37.9 Å². The number of nitrogens with zero attached hydrogens (tertiary/aromatic N) is 4. The van der Waals surface area contributed by atoms with Gasteiger partial charge < -0.3 is 15.2 Å². The van der Waals surface area contributed by atoms with Crippen molar-refractivity contribution < 1.29 is 14.6 Å². The number of anilines is 1. The number of carbonyl (C=O) groups is 1. The molecule has 1 aromatic carbocycles. The lowest BCUT2D eigenvalue weighted by Gasteiger charge is -2.24. The van der Waals surface area contributed by atoms with Crippen LogP contribution in [-0.2, 0) is 4.79 Å². The summed E-state index contributed by atoms with van der Waals surface area (Å²) in [6, 6.07) is 7.07. The molecule has 144 valence electrons. The third-order valence-corrected chi connectivity index (χ3v) is 4.87. The molecule has 1 amide bonds. The lowest BCUT2D eigenvalue weighted by atomic mass is 9.85. The summed E-state index contributed by atoms with van der Waals surface area (Å²) in [5, 5.41) is 17.7. The molecule has 0 fully saturated rings. The van der Waals surface area contributed by atoms with E-state index in [0.717, 1.165) is 28.2 Å². The summed E-state index contributed by atoms with van der Waals surface area (Å²) in [4.78, 5) is 21.4. The van der Waals surface area contributed by atoms with Gasteiger partial charge in [-0.25, -0.2) is 9.97 Å².